The van der Waals surface area contributed by atoms with Crippen LogP contribution >= 0.6 is 12.8 Å². The van der Waals surface area contributed by atoms with Gasteiger partial charge >= 0.3 is 0 Å². The molecular formula is C10H10N2OS. The lowest BCUT2D eigenvalue weighted by atomic mass is 10.2. The predicted molar refractivity (Wildman–Crippen MR) is 59.4 cm³/mol. The summed E-state index contributed by atoms with van der Waals surface area (Å²) in [6, 6.07) is 9.70. The summed E-state index contributed by atoms with van der Waals surface area (Å²) >= 11 is 3.74. The zero-order valence-corrected chi connectivity index (χ0v) is 8.58. The third kappa shape index (κ3) is 1.28. The molecule has 0 spiro atoms. The molecule has 1 aromatic carbocycles. The number of aromatic nitrogens is 1. The van der Waals surface area contributed by atoms with Crippen LogP contribution < -0.4 is 4.72 Å². The van der Waals surface area contributed by atoms with Gasteiger partial charge in [-0.2, -0.15) is 0 Å². The highest BCUT2D eigenvalue weighted by atomic mass is 32.1. The fraction of sp³-hybridized carbons (Fsp3) is 0.100. The van der Waals surface area contributed by atoms with Gasteiger partial charge in [-0.25, -0.2) is 0 Å². The molecule has 2 aromatic rings. The fourth-order valence-corrected chi connectivity index (χ4v) is 1.68. The van der Waals surface area contributed by atoms with Crippen molar-refractivity contribution >= 4 is 29.6 Å². The van der Waals surface area contributed by atoms with E-state index in [4.69, 9.17) is 0 Å². The van der Waals surface area contributed by atoms with Gasteiger partial charge in [0, 0.05) is 18.0 Å². The van der Waals surface area contributed by atoms with E-state index in [1.807, 2.05) is 41.9 Å². The molecule has 0 radical (unpaired) electrons. The zero-order chi connectivity index (χ0) is 10.1. The van der Waals surface area contributed by atoms with Crippen molar-refractivity contribution in [1.82, 2.24) is 9.29 Å². The summed E-state index contributed by atoms with van der Waals surface area (Å²) in [5, 5.41) is 1.06. The Morgan fingerprint density at radius 3 is 2.79 bits per heavy atom. The number of nitrogens with zero attached hydrogens (tertiary/aromatic N) is 1. The van der Waals surface area contributed by atoms with Crippen molar-refractivity contribution < 1.29 is 4.79 Å². The van der Waals surface area contributed by atoms with Crippen LogP contribution in [0.2, 0.25) is 0 Å². The summed E-state index contributed by atoms with van der Waals surface area (Å²) in [6.07, 6.45) is 0. The van der Waals surface area contributed by atoms with E-state index >= 15 is 0 Å². The molecule has 0 aliphatic carbocycles. The Balaban J connectivity index is 2.68. The van der Waals surface area contributed by atoms with Crippen LogP contribution in [0.25, 0.3) is 10.9 Å². The second kappa shape index (κ2) is 3.38. The van der Waals surface area contributed by atoms with Crippen LogP contribution in [0.3, 0.4) is 0 Å². The van der Waals surface area contributed by atoms with Crippen LogP contribution in [-0.4, -0.2) is 10.5 Å². The highest BCUT2D eigenvalue weighted by molar-refractivity contribution is 7.78. The van der Waals surface area contributed by atoms with Crippen molar-refractivity contribution in [2.45, 2.75) is 0 Å². The number of nitrogens with one attached hydrogen (secondary N) is 1. The normalized spacial score (nSPS) is 10.4. The first-order chi connectivity index (χ1) is 6.74. The van der Waals surface area contributed by atoms with Crippen molar-refractivity contribution in [2.24, 2.45) is 7.05 Å². The number of benzene rings is 1. The maximum Gasteiger partial charge on any atom is 0.277 e. The first-order valence-corrected chi connectivity index (χ1v) is 4.67. The summed E-state index contributed by atoms with van der Waals surface area (Å²) < 4.78 is 4.17. The van der Waals surface area contributed by atoms with Gasteiger partial charge in [0.1, 0.15) is 5.69 Å². The van der Waals surface area contributed by atoms with Crippen LogP contribution in [0, 0.1) is 0 Å². The molecule has 0 aliphatic heterocycles. The standard InChI is InChI=1S/C10H10N2OS/c1-12-8-5-3-2-4-7(8)6-9(12)10(13)11-14/h2-6,14H,1H3,(H,11,13). The maximum atomic E-state index is 11.4. The van der Waals surface area contributed by atoms with Crippen LogP contribution in [-0.2, 0) is 7.05 Å². The van der Waals surface area contributed by atoms with Gasteiger partial charge in [-0.1, -0.05) is 31.0 Å². The lowest BCUT2D eigenvalue weighted by Gasteiger charge is -2.00. The lowest BCUT2D eigenvalue weighted by molar-refractivity contribution is 0.0977. The number of carbonyl (C=O) groups is 1. The average Bonchev–Trinajstić information content (AvgIpc) is 2.56. The molecule has 0 saturated carbocycles. The Hall–Kier alpha value is -1.42. The Labute approximate surface area is 87.3 Å². The average molecular weight is 206 g/mol. The molecular weight excluding hydrogens is 196 g/mol. The van der Waals surface area contributed by atoms with E-state index in [-0.39, 0.29) is 5.91 Å². The van der Waals surface area contributed by atoms with Gasteiger partial charge < -0.3 is 4.57 Å². The number of aryl methyl sites for hydroxylation is 1. The first-order valence-electron chi connectivity index (χ1n) is 4.23. The fourth-order valence-electron chi connectivity index (χ4n) is 1.56. The number of hydrogen-bond acceptors (Lipinski definition) is 2. The molecule has 1 heterocycles. The van der Waals surface area contributed by atoms with E-state index in [0.717, 1.165) is 10.9 Å². The molecule has 1 N–H and O–H groups in total. The number of hydrogen-bond donors (Lipinski definition) is 2. The molecule has 72 valence electrons. The summed E-state index contributed by atoms with van der Waals surface area (Å²) in [7, 11) is 1.86. The number of carbonyl (C=O) groups excluding carboxylic acids is 1. The molecule has 3 nitrogen and oxygen atoms in total. The largest absolute Gasteiger partial charge is 0.340 e. The highest BCUT2D eigenvalue weighted by Crippen LogP contribution is 2.17. The molecule has 0 bridgehead atoms. The topological polar surface area (TPSA) is 34.0 Å². The van der Waals surface area contributed by atoms with Gasteiger partial charge in [-0.15, -0.1) is 0 Å². The van der Waals surface area contributed by atoms with E-state index in [1.54, 1.807) is 0 Å². The Morgan fingerprint density at radius 1 is 1.43 bits per heavy atom. The number of fused-ring (bicyclic) bond motifs is 1. The maximum absolute atomic E-state index is 11.4. The summed E-state index contributed by atoms with van der Waals surface area (Å²) in [5.41, 5.74) is 1.65. The van der Waals surface area contributed by atoms with Gasteiger partial charge in [0.05, 0.1) is 0 Å². The first kappa shape index (κ1) is 9.15. The molecule has 1 aromatic heterocycles. The van der Waals surface area contributed by atoms with Crippen LogP contribution in [0.15, 0.2) is 30.3 Å². The van der Waals surface area contributed by atoms with Gasteiger partial charge in [0.15, 0.2) is 0 Å². The van der Waals surface area contributed by atoms with Crippen LogP contribution in [0.5, 0.6) is 0 Å². The monoisotopic (exact) mass is 206 g/mol. The van der Waals surface area contributed by atoms with E-state index in [9.17, 15) is 4.79 Å². The molecule has 0 saturated heterocycles. The van der Waals surface area contributed by atoms with Crippen molar-refractivity contribution in [1.29, 1.82) is 0 Å². The highest BCUT2D eigenvalue weighted by Gasteiger charge is 2.10. The van der Waals surface area contributed by atoms with Crippen molar-refractivity contribution in [2.75, 3.05) is 0 Å². The van der Waals surface area contributed by atoms with E-state index in [2.05, 4.69) is 17.5 Å². The minimum atomic E-state index is -0.188. The summed E-state index contributed by atoms with van der Waals surface area (Å²) in [6.45, 7) is 0. The van der Waals surface area contributed by atoms with E-state index in [1.165, 1.54) is 0 Å². The lowest BCUT2D eigenvalue weighted by Crippen LogP contribution is -2.16. The third-order valence-electron chi connectivity index (χ3n) is 2.29. The van der Waals surface area contributed by atoms with Gasteiger partial charge in [-0.05, 0) is 12.1 Å². The number of para-hydroxylation sites is 1. The van der Waals surface area contributed by atoms with Crippen molar-refractivity contribution in [3.05, 3.63) is 36.0 Å². The minimum absolute atomic E-state index is 0.188. The minimum Gasteiger partial charge on any atom is -0.340 e. The zero-order valence-electron chi connectivity index (χ0n) is 7.69. The quantitative estimate of drug-likeness (QED) is 0.685. The molecule has 0 unspecified atom stereocenters. The predicted octanol–water partition coefficient (Wildman–Crippen LogP) is 1.75. The molecule has 4 heteroatoms. The van der Waals surface area contributed by atoms with Crippen molar-refractivity contribution in [3.63, 3.8) is 0 Å². The SMILES string of the molecule is Cn1c(C(=O)NS)cc2ccccc21. The second-order valence-electron chi connectivity index (χ2n) is 3.09. The summed E-state index contributed by atoms with van der Waals surface area (Å²) in [4.78, 5) is 11.4. The van der Waals surface area contributed by atoms with Crippen LogP contribution in [0.4, 0.5) is 0 Å². The van der Waals surface area contributed by atoms with Crippen molar-refractivity contribution in [3.8, 4) is 0 Å². The molecule has 0 fully saturated rings. The number of thiol groups is 1. The van der Waals surface area contributed by atoms with Gasteiger partial charge in [0.2, 0.25) is 0 Å². The van der Waals surface area contributed by atoms with Gasteiger partial charge in [-0.3, -0.25) is 9.52 Å². The smallest absolute Gasteiger partial charge is 0.277 e. The van der Waals surface area contributed by atoms with Crippen LogP contribution in [0.1, 0.15) is 10.5 Å². The second-order valence-corrected chi connectivity index (χ2v) is 3.31. The number of amides is 1. The van der Waals surface area contributed by atoms with Gasteiger partial charge in [0.25, 0.3) is 5.91 Å². The Bertz CT molecular complexity index is 490. The van der Waals surface area contributed by atoms with E-state index in [0.29, 0.717) is 5.69 Å². The molecule has 2 rings (SSSR count). The Kier molecular flexibility index (Phi) is 2.21. The Morgan fingerprint density at radius 2 is 2.14 bits per heavy atom. The number of rotatable bonds is 1. The molecule has 1 amide bonds. The summed E-state index contributed by atoms with van der Waals surface area (Å²) in [5.74, 6) is -0.188. The van der Waals surface area contributed by atoms with E-state index < -0.39 is 0 Å². The molecule has 0 aliphatic rings. The molecule has 14 heavy (non-hydrogen) atoms. The molecule has 0 atom stereocenters. The third-order valence-corrected chi connectivity index (χ3v) is 2.49.